The first-order chi connectivity index (χ1) is 12.0. The van der Waals surface area contributed by atoms with Crippen LogP contribution in [0.5, 0.6) is 0 Å². The van der Waals surface area contributed by atoms with Crippen LogP contribution in [0, 0.1) is 0 Å². The van der Waals surface area contributed by atoms with E-state index in [9.17, 15) is 4.79 Å². The maximum Gasteiger partial charge on any atom is 0.258 e. The highest BCUT2D eigenvalue weighted by molar-refractivity contribution is 5.98. The molecule has 1 unspecified atom stereocenters. The molecule has 0 spiro atoms. The van der Waals surface area contributed by atoms with Crippen LogP contribution in [0.4, 0.5) is 5.82 Å². The van der Waals surface area contributed by atoms with Crippen molar-refractivity contribution in [1.29, 1.82) is 0 Å². The van der Waals surface area contributed by atoms with E-state index in [1.807, 2.05) is 41.3 Å². The highest BCUT2D eigenvalue weighted by atomic mass is 16.5. The topological polar surface area (TPSA) is 54.5 Å². The van der Waals surface area contributed by atoms with E-state index in [4.69, 9.17) is 4.74 Å². The highest BCUT2D eigenvalue weighted by Gasteiger charge is 2.38. The largest absolute Gasteiger partial charge is 0.373 e. The number of pyridine rings is 1. The van der Waals surface area contributed by atoms with Crippen LogP contribution in [0.2, 0.25) is 0 Å². The molecule has 0 saturated carbocycles. The molecule has 1 aromatic carbocycles. The molecular formula is C20H25N3O2. The fourth-order valence-corrected chi connectivity index (χ4v) is 3.29. The van der Waals surface area contributed by atoms with E-state index >= 15 is 0 Å². The maximum atomic E-state index is 13.3. The van der Waals surface area contributed by atoms with Gasteiger partial charge in [-0.3, -0.25) is 4.79 Å². The van der Waals surface area contributed by atoms with Crippen molar-refractivity contribution in [3.8, 4) is 0 Å². The number of anilines is 1. The Hall–Kier alpha value is -2.40. The summed E-state index contributed by atoms with van der Waals surface area (Å²) in [4.78, 5) is 19.5. The molecule has 5 nitrogen and oxygen atoms in total. The number of amides is 1. The third-order valence-corrected chi connectivity index (χ3v) is 4.57. The van der Waals surface area contributed by atoms with Crippen LogP contribution < -0.4 is 5.32 Å². The van der Waals surface area contributed by atoms with E-state index < -0.39 is 0 Å². The van der Waals surface area contributed by atoms with E-state index in [0.717, 1.165) is 12.0 Å². The SMILES string of the molecule is CNc1ncccc1C(=O)N(Cc1ccccc1)C1COC(C)(C)C1. The van der Waals surface area contributed by atoms with Crippen LogP contribution in [-0.4, -0.2) is 41.1 Å². The van der Waals surface area contributed by atoms with Crippen LogP contribution in [0.15, 0.2) is 48.7 Å². The summed E-state index contributed by atoms with van der Waals surface area (Å²) in [6.45, 7) is 5.26. The summed E-state index contributed by atoms with van der Waals surface area (Å²) in [5.41, 5.74) is 1.49. The molecule has 3 rings (SSSR count). The molecule has 5 heteroatoms. The van der Waals surface area contributed by atoms with E-state index in [0.29, 0.717) is 24.5 Å². The molecule has 1 N–H and O–H groups in total. The Labute approximate surface area is 149 Å². The third kappa shape index (κ3) is 3.99. The Bertz CT molecular complexity index is 731. The van der Waals surface area contributed by atoms with Gasteiger partial charge < -0.3 is 15.0 Å². The van der Waals surface area contributed by atoms with Gasteiger partial charge in [0.1, 0.15) is 5.82 Å². The molecule has 0 radical (unpaired) electrons. The van der Waals surface area contributed by atoms with E-state index in [-0.39, 0.29) is 17.6 Å². The molecule has 25 heavy (non-hydrogen) atoms. The quantitative estimate of drug-likeness (QED) is 0.908. The minimum atomic E-state index is -0.208. The smallest absolute Gasteiger partial charge is 0.258 e. The van der Waals surface area contributed by atoms with E-state index in [1.54, 1.807) is 19.3 Å². The normalized spacial score (nSPS) is 18.8. The Kier molecular flexibility index (Phi) is 5.04. The lowest BCUT2D eigenvalue weighted by Crippen LogP contribution is -2.41. The molecule has 1 aliphatic heterocycles. The molecule has 0 bridgehead atoms. The molecule has 132 valence electrons. The van der Waals surface area contributed by atoms with Gasteiger partial charge in [0.05, 0.1) is 23.8 Å². The zero-order valence-corrected chi connectivity index (χ0v) is 15.0. The second-order valence-electron chi connectivity index (χ2n) is 7.00. The molecule has 0 aliphatic carbocycles. The summed E-state index contributed by atoms with van der Waals surface area (Å²) in [5, 5.41) is 3.01. The molecule has 1 amide bonds. The number of carbonyl (C=O) groups is 1. The summed E-state index contributed by atoms with van der Waals surface area (Å²) in [6, 6.07) is 13.7. The van der Waals surface area contributed by atoms with Gasteiger partial charge in [-0.05, 0) is 38.0 Å². The average Bonchev–Trinajstić information content (AvgIpc) is 2.99. The van der Waals surface area contributed by atoms with Gasteiger partial charge in [-0.25, -0.2) is 4.98 Å². The molecule has 1 fully saturated rings. The van der Waals surface area contributed by atoms with Gasteiger partial charge in [-0.2, -0.15) is 0 Å². The van der Waals surface area contributed by atoms with Crippen molar-refractivity contribution in [1.82, 2.24) is 9.88 Å². The predicted molar refractivity (Wildman–Crippen MR) is 98.5 cm³/mol. The Morgan fingerprint density at radius 2 is 2.04 bits per heavy atom. The fraction of sp³-hybridized carbons (Fsp3) is 0.400. The van der Waals surface area contributed by atoms with Crippen molar-refractivity contribution < 1.29 is 9.53 Å². The standard InChI is InChI=1S/C20H25N3O2/c1-20(2)12-16(14-25-20)23(13-15-8-5-4-6-9-15)19(24)17-10-7-11-22-18(17)21-3/h4-11,16H,12-14H2,1-3H3,(H,21,22). The second-order valence-corrected chi connectivity index (χ2v) is 7.00. The van der Waals surface area contributed by atoms with Gasteiger partial charge in [-0.15, -0.1) is 0 Å². The van der Waals surface area contributed by atoms with Crippen molar-refractivity contribution in [3.63, 3.8) is 0 Å². The number of carbonyl (C=O) groups excluding carboxylic acids is 1. The monoisotopic (exact) mass is 339 g/mol. The molecule has 2 aromatic rings. The van der Waals surface area contributed by atoms with Crippen LogP contribution in [0.3, 0.4) is 0 Å². The van der Waals surface area contributed by atoms with Gasteiger partial charge in [0.2, 0.25) is 0 Å². The van der Waals surface area contributed by atoms with Crippen molar-refractivity contribution in [2.75, 3.05) is 19.0 Å². The lowest BCUT2D eigenvalue weighted by molar-refractivity contribution is 0.0315. The molecule has 1 aliphatic rings. The van der Waals surface area contributed by atoms with Gasteiger partial charge >= 0.3 is 0 Å². The summed E-state index contributed by atoms with van der Waals surface area (Å²) in [7, 11) is 1.78. The molecular weight excluding hydrogens is 314 g/mol. The van der Waals surface area contributed by atoms with E-state index in [2.05, 4.69) is 24.1 Å². The summed E-state index contributed by atoms with van der Waals surface area (Å²) in [5.74, 6) is 0.580. The zero-order chi connectivity index (χ0) is 17.9. The third-order valence-electron chi connectivity index (χ3n) is 4.57. The average molecular weight is 339 g/mol. The van der Waals surface area contributed by atoms with Crippen molar-refractivity contribution in [2.45, 2.75) is 38.5 Å². The Balaban J connectivity index is 1.91. The number of benzene rings is 1. The number of rotatable bonds is 5. The highest BCUT2D eigenvalue weighted by Crippen LogP contribution is 2.30. The second kappa shape index (κ2) is 7.23. The minimum absolute atomic E-state index is 0.0207. The zero-order valence-electron chi connectivity index (χ0n) is 15.0. The molecule has 1 saturated heterocycles. The number of aromatic nitrogens is 1. The van der Waals surface area contributed by atoms with Crippen LogP contribution in [0.1, 0.15) is 36.2 Å². The lowest BCUT2D eigenvalue weighted by Gasteiger charge is -2.29. The number of ether oxygens (including phenoxy) is 1. The number of hydrogen-bond acceptors (Lipinski definition) is 4. The van der Waals surface area contributed by atoms with Gasteiger partial charge in [0, 0.05) is 19.8 Å². The van der Waals surface area contributed by atoms with Gasteiger partial charge in [0.15, 0.2) is 0 Å². The van der Waals surface area contributed by atoms with Crippen LogP contribution in [0.25, 0.3) is 0 Å². The van der Waals surface area contributed by atoms with Crippen molar-refractivity contribution in [2.24, 2.45) is 0 Å². The number of nitrogens with one attached hydrogen (secondary N) is 1. The first-order valence-corrected chi connectivity index (χ1v) is 8.62. The first-order valence-electron chi connectivity index (χ1n) is 8.62. The summed E-state index contributed by atoms with van der Waals surface area (Å²) < 4.78 is 5.89. The van der Waals surface area contributed by atoms with Crippen molar-refractivity contribution >= 4 is 11.7 Å². The maximum absolute atomic E-state index is 13.3. The molecule has 1 atom stereocenters. The predicted octanol–water partition coefficient (Wildman–Crippen LogP) is 3.33. The van der Waals surface area contributed by atoms with Crippen LogP contribution >= 0.6 is 0 Å². The fourth-order valence-electron chi connectivity index (χ4n) is 3.29. The first kappa shape index (κ1) is 17.4. The van der Waals surface area contributed by atoms with E-state index in [1.165, 1.54) is 0 Å². The number of hydrogen-bond donors (Lipinski definition) is 1. The Morgan fingerprint density at radius 1 is 1.28 bits per heavy atom. The van der Waals surface area contributed by atoms with Gasteiger partial charge in [-0.1, -0.05) is 30.3 Å². The summed E-state index contributed by atoms with van der Waals surface area (Å²) >= 11 is 0. The molecule has 2 heterocycles. The van der Waals surface area contributed by atoms with Gasteiger partial charge in [0.25, 0.3) is 5.91 Å². The van der Waals surface area contributed by atoms with Crippen LogP contribution in [-0.2, 0) is 11.3 Å². The summed E-state index contributed by atoms with van der Waals surface area (Å²) in [6.07, 6.45) is 2.51. The van der Waals surface area contributed by atoms with Crippen molar-refractivity contribution in [3.05, 3.63) is 59.8 Å². The Morgan fingerprint density at radius 3 is 2.68 bits per heavy atom. The number of nitrogens with zero attached hydrogens (tertiary/aromatic N) is 2. The molecule has 1 aromatic heterocycles. The lowest BCUT2D eigenvalue weighted by atomic mass is 10.0. The minimum Gasteiger partial charge on any atom is -0.373 e.